The zero-order valence-electron chi connectivity index (χ0n) is 9.25. The first-order valence-electron chi connectivity index (χ1n) is 5.37. The third-order valence-electron chi connectivity index (χ3n) is 3.49. The van der Waals surface area contributed by atoms with Gasteiger partial charge in [-0.3, -0.25) is 0 Å². The standard InChI is InChI=1S/C13H19N/c1-9-8-13(2,3)11-7-5-4-6-10(11)12(9)14/h4-7,9,12H,8,14H2,1-3H3/t9-,12+/m0/s1. The fourth-order valence-corrected chi connectivity index (χ4v) is 2.75. The van der Waals surface area contributed by atoms with E-state index in [9.17, 15) is 0 Å². The highest BCUT2D eigenvalue weighted by Crippen LogP contribution is 2.43. The molecule has 76 valence electrons. The minimum absolute atomic E-state index is 0.222. The van der Waals surface area contributed by atoms with E-state index in [0.29, 0.717) is 5.92 Å². The van der Waals surface area contributed by atoms with Crippen LogP contribution in [0.1, 0.15) is 44.4 Å². The maximum atomic E-state index is 6.21. The molecule has 0 aromatic heterocycles. The van der Waals surface area contributed by atoms with E-state index < -0.39 is 0 Å². The van der Waals surface area contributed by atoms with Crippen molar-refractivity contribution in [3.63, 3.8) is 0 Å². The van der Waals surface area contributed by atoms with Crippen LogP contribution in [0.2, 0.25) is 0 Å². The predicted molar refractivity (Wildman–Crippen MR) is 60.2 cm³/mol. The van der Waals surface area contributed by atoms with Gasteiger partial charge in [0.1, 0.15) is 0 Å². The first-order valence-corrected chi connectivity index (χ1v) is 5.37. The van der Waals surface area contributed by atoms with Crippen LogP contribution in [0.25, 0.3) is 0 Å². The molecule has 0 radical (unpaired) electrons. The SMILES string of the molecule is C[C@H]1CC(C)(C)c2ccccc2[C@@H]1N. The summed E-state index contributed by atoms with van der Waals surface area (Å²) in [6.45, 7) is 6.88. The van der Waals surface area contributed by atoms with E-state index in [1.54, 1.807) is 0 Å². The van der Waals surface area contributed by atoms with Crippen molar-refractivity contribution < 1.29 is 0 Å². The van der Waals surface area contributed by atoms with Gasteiger partial charge in [0.2, 0.25) is 0 Å². The molecule has 0 heterocycles. The first kappa shape index (κ1) is 9.72. The van der Waals surface area contributed by atoms with E-state index in [-0.39, 0.29) is 11.5 Å². The summed E-state index contributed by atoms with van der Waals surface area (Å²) in [5.74, 6) is 0.583. The molecule has 0 amide bonds. The Morgan fingerprint density at radius 2 is 1.93 bits per heavy atom. The molecule has 1 heteroatoms. The van der Waals surface area contributed by atoms with Crippen LogP contribution in [0.15, 0.2) is 24.3 Å². The summed E-state index contributed by atoms with van der Waals surface area (Å²) in [5, 5.41) is 0. The van der Waals surface area contributed by atoms with Crippen molar-refractivity contribution in [3.8, 4) is 0 Å². The summed E-state index contributed by atoms with van der Waals surface area (Å²) in [6.07, 6.45) is 1.19. The molecule has 2 N–H and O–H groups in total. The highest BCUT2D eigenvalue weighted by atomic mass is 14.7. The molecular weight excluding hydrogens is 170 g/mol. The molecule has 1 aliphatic carbocycles. The molecular formula is C13H19N. The summed E-state index contributed by atoms with van der Waals surface area (Å²) in [4.78, 5) is 0. The normalized spacial score (nSPS) is 29.7. The van der Waals surface area contributed by atoms with Gasteiger partial charge in [-0.1, -0.05) is 45.0 Å². The lowest BCUT2D eigenvalue weighted by Crippen LogP contribution is -2.35. The topological polar surface area (TPSA) is 26.0 Å². The van der Waals surface area contributed by atoms with Crippen molar-refractivity contribution in [2.75, 3.05) is 0 Å². The predicted octanol–water partition coefficient (Wildman–Crippen LogP) is 3.00. The van der Waals surface area contributed by atoms with Gasteiger partial charge in [-0.05, 0) is 28.9 Å². The van der Waals surface area contributed by atoms with Gasteiger partial charge in [0.15, 0.2) is 0 Å². The number of hydrogen-bond acceptors (Lipinski definition) is 1. The van der Waals surface area contributed by atoms with E-state index in [1.165, 1.54) is 17.5 Å². The molecule has 0 aliphatic heterocycles. The van der Waals surface area contributed by atoms with Crippen molar-refractivity contribution in [3.05, 3.63) is 35.4 Å². The molecule has 0 bridgehead atoms. The average Bonchev–Trinajstić information content (AvgIpc) is 2.14. The Hall–Kier alpha value is -0.820. The van der Waals surface area contributed by atoms with Gasteiger partial charge in [0.25, 0.3) is 0 Å². The average molecular weight is 189 g/mol. The molecule has 1 nitrogen and oxygen atoms in total. The molecule has 0 unspecified atom stereocenters. The highest BCUT2D eigenvalue weighted by molar-refractivity contribution is 5.38. The second-order valence-electron chi connectivity index (χ2n) is 5.18. The van der Waals surface area contributed by atoms with Gasteiger partial charge < -0.3 is 5.73 Å². The Morgan fingerprint density at radius 3 is 2.64 bits per heavy atom. The minimum Gasteiger partial charge on any atom is -0.324 e. The van der Waals surface area contributed by atoms with Crippen LogP contribution < -0.4 is 5.73 Å². The Morgan fingerprint density at radius 1 is 1.29 bits per heavy atom. The maximum Gasteiger partial charge on any atom is 0.0324 e. The zero-order valence-corrected chi connectivity index (χ0v) is 9.25. The lowest BCUT2D eigenvalue weighted by atomic mass is 9.67. The summed E-state index contributed by atoms with van der Waals surface area (Å²) in [5.41, 5.74) is 9.27. The smallest absolute Gasteiger partial charge is 0.0324 e. The minimum atomic E-state index is 0.222. The van der Waals surface area contributed by atoms with Crippen LogP contribution in [0.3, 0.4) is 0 Å². The van der Waals surface area contributed by atoms with Crippen molar-refractivity contribution in [1.29, 1.82) is 0 Å². The third kappa shape index (κ3) is 1.36. The fraction of sp³-hybridized carbons (Fsp3) is 0.538. The van der Waals surface area contributed by atoms with E-state index >= 15 is 0 Å². The summed E-state index contributed by atoms with van der Waals surface area (Å²) >= 11 is 0. The second kappa shape index (κ2) is 3.09. The molecule has 0 saturated heterocycles. The van der Waals surface area contributed by atoms with E-state index in [1.807, 2.05) is 0 Å². The highest BCUT2D eigenvalue weighted by Gasteiger charge is 2.34. The number of benzene rings is 1. The largest absolute Gasteiger partial charge is 0.324 e. The molecule has 1 aromatic rings. The van der Waals surface area contributed by atoms with Gasteiger partial charge >= 0.3 is 0 Å². The van der Waals surface area contributed by atoms with Crippen molar-refractivity contribution >= 4 is 0 Å². The molecule has 0 saturated carbocycles. The van der Waals surface area contributed by atoms with Crippen molar-refractivity contribution in [2.24, 2.45) is 11.7 Å². The monoisotopic (exact) mass is 189 g/mol. The van der Waals surface area contributed by atoms with Crippen LogP contribution in [0.5, 0.6) is 0 Å². The van der Waals surface area contributed by atoms with E-state index in [0.717, 1.165) is 0 Å². The van der Waals surface area contributed by atoms with Gasteiger partial charge in [0, 0.05) is 6.04 Å². The van der Waals surface area contributed by atoms with Gasteiger partial charge in [-0.2, -0.15) is 0 Å². The van der Waals surface area contributed by atoms with Crippen LogP contribution in [-0.4, -0.2) is 0 Å². The quantitative estimate of drug-likeness (QED) is 0.667. The molecule has 1 aliphatic rings. The summed E-state index contributed by atoms with van der Waals surface area (Å²) < 4.78 is 0. The van der Waals surface area contributed by atoms with Crippen molar-refractivity contribution in [1.82, 2.24) is 0 Å². The molecule has 2 rings (SSSR count). The third-order valence-corrected chi connectivity index (χ3v) is 3.49. The Labute approximate surface area is 86.3 Å². The van der Waals surface area contributed by atoms with E-state index in [4.69, 9.17) is 5.73 Å². The molecule has 14 heavy (non-hydrogen) atoms. The lowest BCUT2D eigenvalue weighted by Gasteiger charge is -2.39. The number of hydrogen-bond donors (Lipinski definition) is 1. The summed E-state index contributed by atoms with van der Waals surface area (Å²) in [7, 11) is 0. The van der Waals surface area contributed by atoms with E-state index in [2.05, 4.69) is 45.0 Å². The summed E-state index contributed by atoms with van der Waals surface area (Å²) in [6, 6.07) is 8.83. The number of fused-ring (bicyclic) bond motifs is 1. The van der Waals surface area contributed by atoms with Gasteiger partial charge in [-0.25, -0.2) is 0 Å². The van der Waals surface area contributed by atoms with Crippen molar-refractivity contribution in [2.45, 2.75) is 38.6 Å². The number of rotatable bonds is 0. The van der Waals surface area contributed by atoms with Gasteiger partial charge in [-0.15, -0.1) is 0 Å². The Balaban J connectivity index is 2.56. The second-order valence-corrected chi connectivity index (χ2v) is 5.18. The number of nitrogens with two attached hydrogens (primary N) is 1. The maximum absolute atomic E-state index is 6.21. The molecule has 0 spiro atoms. The zero-order chi connectivity index (χ0) is 10.3. The Kier molecular flexibility index (Phi) is 2.15. The van der Waals surface area contributed by atoms with Crippen LogP contribution in [-0.2, 0) is 5.41 Å². The molecule has 0 fully saturated rings. The molecule has 2 atom stereocenters. The van der Waals surface area contributed by atoms with Crippen LogP contribution >= 0.6 is 0 Å². The fourth-order valence-electron chi connectivity index (χ4n) is 2.75. The first-order chi connectivity index (χ1) is 6.52. The lowest BCUT2D eigenvalue weighted by molar-refractivity contribution is 0.303. The molecule has 1 aromatic carbocycles. The Bertz CT molecular complexity index is 341. The van der Waals surface area contributed by atoms with Gasteiger partial charge in [0.05, 0.1) is 0 Å². The van der Waals surface area contributed by atoms with Crippen LogP contribution in [0.4, 0.5) is 0 Å². The van der Waals surface area contributed by atoms with Crippen LogP contribution in [0, 0.1) is 5.92 Å².